The normalized spacial score (nSPS) is 14.0. The summed E-state index contributed by atoms with van der Waals surface area (Å²) in [6, 6.07) is 15.6. The zero-order valence-corrected chi connectivity index (χ0v) is 12.5. The molecule has 0 bridgehead atoms. The van der Waals surface area contributed by atoms with Gasteiger partial charge in [-0.05, 0) is 29.7 Å². The molecule has 0 aromatic heterocycles. The number of halogens is 1. The smallest absolute Gasteiger partial charge is 0.108 e. The molecule has 106 valence electrons. The van der Waals surface area contributed by atoms with Gasteiger partial charge in [-0.3, -0.25) is 0 Å². The van der Waals surface area contributed by atoms with Crippen LogP contribution in [0.4, 0.5) is 0 Å². The molecule has 2 aromatic rings. The monoisotopic (exact) mass is 290 g/mol. The molecule has 3 heteroatoms. The predicted molar refractivity (Wildman–Crippen MR) is 82.1 cm³/mol. The number of aliphatic hydroxyl groups is 1. The molecule has 0 saturated heterocycles. The largest absolute Gasteiger partial charge is 0.390 e. The van der Waals surface area contributed by atoms with E-state index in [4.69, 9.17) is 16.3 Å². The van der Waals surface area contributed by atoms with Gasteiger partial charge in [-0.1, -0.05) is 54.1 Å². The van der Waals surface area contributed by atoms with Crippen LogP contribution in [0.3, 0.4) is 0 Å². The first-order valence-electron chi connectivity index (χ1n) is 6.62. The van der Waals surface area contributed by atoms with E-state index in [1.807, 2.05) is 55.5 Å². The van der Waals surface area contributed by atoms with E-state index < -0.39 is 6.10 Å². The van der Waals surface area contributed by atoms with Crippen molar-refractivity contribution in [1.82, 2.24) is 0 Å². The zero-order chi connectivity index (χ0) is 14.5. The second-order valence-corrected chi connectivity index (χ2v) is 5.34. The van der Waals surface area contributed by atoms with E-state index in [-0.39, 0.29) is 6.10 Å². The summed E-state index contributed by atoms with van der Waals surface area (Å²) < 4.78 is 5.44. The first-order valence-corrected chi connectivity index (χ1v) is 7.00. The highest BCUT2D eigenvalue weighted by molar-refractivity contribution is 6.31. The van der Waals surface area contributed by atoms with Crippen LogP contribution in [0.25, 0.3) is 0 Å². The molecular weight excluding hydrogens is 272 g/mol. The highest BCUT2D eigenvalue weighted by Gasteiger charge is 2.21. The summed E-state index contributed by atoms with van der Waals surface area (Å²) in [7, 11) is 1.61. The SMILES string of the molecule is COC(c1ccccc1)C(O)Cc1ccc(C)cc1Cl. The molecule has 2 nitrogen and oxygen atoms in total. The Balaban J connectivity index is 2.15. The Morgan fingerprint density at radius 3 is 2.45 bits per heavy atom. The Labute approximate surface area is 125 Å². The molecular formula is C17H19ClO2. The van der Waals surface area contributed by atoms with Crippen LogP contribution in [0, 0.1) is 6.92 Å². The van der Waals surface area contributed by atoms with Crippen LogP contribution in [-0.2, 0) is 11.2 Å². The summed E-state index contributed by atoms with van der Waals surface area (Å²) in [5.41, 5.74) is 3.01. The highest BCUT2D eigenvalue weighted by Crippen LogP contribution is 2.26. The summed E-state index contributed by atoms with van der Waals surface area (Å²) in [5, 5.41) is 11.1. The minimum absolute atomic E-state index is 0.353. The van der Waals surface area contributed by atoms with Crippen molar-refractivity contribution in [1.29, 1.82) is 0 Å². The van der Waals surface area contributed by atoms with Gasteiger partial charge in [-0.2, -0.15) is 0 Å². The molecule has 0 aliphatic carbocycles. The van der Waals surface area contributed by atoms with Crippen molar-refractivity contribution in [3.05, 3.63) is 70.2 Å². The molecule has 0 aliphatic heterocycles. The summed E-state index contributed by atoms with van der Waals surface area (Å²) in [5.74, 6) is 0. The molecule has 0 fully saturated rings. The van der Waals surface area contributed by atoms with Crippen LogP contribution >= 0.6 is 11.6 Å². The summed E-state index contributed by atoms with van der Waals surface area (Å²) >= 11 is 6.22. The van der Waals surface area contributed by atoms with E-state index in [1.54, 1.807) is 7.11 Å². The Hall–Kier alpha value is -1.35. The molecule has 20 heavy (non-hydrogen) atoms. The Morgan fingerprint density at radius 2 is 1.85 bits per heavy atom. The van der Waals surface area contributed by atoms with Crippen molar-refractivity contribution in [2.24, 2.45) is 0 Å². The minimum atomic E-state index is -0.636. The number of rotatable bonds is 5. The number of benzene rings is 2. The molecule has 2 rings (SSSR count). The Morgan fingerprint density at radius 1 is 1.15 bits per heavy atom. The molecule has 0 amide bonds. The van der Waals surface area contributed by atoms with Crippen LogP contribution in [-0.4, -0.2) is 18.3 Å². The molecule has 2 unspecified atom stereocenters. The predicted octanol–water partition coefficient (Wildman–Crippen LogP) is 3.94. The first-order chi connectivity index (χ1) is 9.61. The lowest BCUT2D eigenvalue weighted by Crippen LogP contribution is -2.22. The Bertz CT molecular complexity index is 554. The van der Waals surface area contributed by atoms with Gasteiger partial charge in [0.1, 0.15) is 6.10 Å². The number of aryl methyl sites for hydroxylation is 1. The fraction of sp³-hybridized carbons (Fsp3) is 0.294. The van der Waals surface area contributed by atoms with Gasteiger partial charge in [0.25, 0.3) is 0 Å². The third-order valence-electron chi connectivity index (χ3n) is 3.37. The van der Waals surface area contributed by atoms with Crippen LogP contribution in [0.5, 0.6) is 0 Å². The van der Waals surface area contributed by atoms with Crippen molar-refractivity contribution in [2.45, 2.75) is 25.6 Å². The lowest BCUT2D eigenvalue weighted by Gasteiger charge is -2.22. The van der Waals surface area contributed by atoms with Crippen LogP contribution < -0.4 is 0 Å². The maximum absolute atomic E-state index is 10.4. The van der Waals surface area contributed by atoms with Crippen molar-refractivity contribution < 1.29 is 9.84 Å². The number of methoxy groups -OCH3 is 1. The van der Waals surface area contributed by atoms with E-state index >= 15 is 0 Å². The molecule has 0 saturated carbocycles. The van der Waals surface area contributed by atoms with Crippen LogP contribution in [0.1, 0.15) is 22.8 Å². The van der Waals surface area contributed by atoms with Gasteiger partial charge < -0.3 is 9.84 Å². The minimum Gasteiger partial charge on any atom is -0.390 e. The third-order valence-corrected chi connectivity index (χ3v) is 3.72. The second kappa shape index (κ2) is 6.89. The van der Waals surface area contributed by atoms with Gasteiger partial charge in [0.05, 0.1) is 6.10 Å². The van der Waals surface area contributed by atoms with Gasteiger partial charge in [0.15, 0.2) is 0 Å². The van der Waals surface area contributed by atoms with Gasteiger partial charge >= 0.3 is 0 Å². The van der Waals surface area contributed by atoms with E-state index in [9.17, 15) is 5.11 Å². The lowest BCUT2D eigenvalue weighted by molar-refractivity contribution is -0.0128. The van der Waals surface area contributed by atoms with Crippen molar-refractivity contribution in [2.75, 3.05) is 7.11 Å². The number of ether oxygens (including phenoxy) is 1. The number of hydrogen-bond acceptors (Lipinski definition) is 2. The fourth-order valence-electron chi connectivity index (χ4n) is 2.31. The van der Waals surface area contributed by atoms with E-state index in [2.05, 4.69) is 0 Å². The Kier molecular flexibility index (Phi) is 5.18. The summed E-state index contributed by atoms with van der Waals surface area (Å²) in [6.45, 7) is 1.99. The molecule has 0 heterocycles. The van der Waals surface area contributed by atoms with Crippen LogP contribution in [0.2, 0.25) is 5.02 Å². The maximum Gasteiger partial charge on any atom is 0.108 e. The molecule has 2 aromatic carbocycles. The second-order valence-electron chi connectivity index (χ2n) is 4.93. The van der Waals surface area contributed by atoms with Crippen molar-refractivity contribution in [3.8, 4) is 0 Å². The first kappa shape index (κ1) is 15.0. The molecule has 2 atom stereocenters. The van der Waals surface area contributed by atoms with Gasteiger partial charge in [-0.15, -0.1) is 0 Å². The zero-order valence-electron chi connectivity index (χ0n) is 11.7. The van der Waals surface area contributed by atoms with Crippen LogP contribution in [0.15, 0.2) is 48.5 Å². The summed E-state index contributed by atoms with van der Waals surface area (Å²) in [4.78, 5) is 0. The van der Waals surface area contributed by atoms with E-state index in [0.717, 1.165) is 16.7 Å². The molecule has 0 radical (unpaired) electrons. The standard InChI is InChI=1S/C17H19ClO2/c1-12-8-9-14(15(18)10-12)11-16(19)17(20-2)13-6-4-3-5-7-13/h3-10,16-17,19H,11H2,1-2H3. The highest BCUT2D eigenvalue weighted by atomic mass is 35.5. The van der Waals surface area contributed by atoms with Gasteiger partial charge in [0, 0.05) is 18.6 Å². The molecule has 1 N–H and O–H groups in total. The average molecular weight is 291 g/mol. The molecule has 0 spiro atoms. The number of hydrogen-bond donors (Lipinski definition) is 1. The number of aliphatic hydroxyl groups excluding tert-OH is 1. The maximum atomic E-state index is 10.4. The van der Waals surface area contributed by atoms with Crippen molar-refractivity contribution >= 4 is 11.6 Å². The topological polar surface area (TPSA) is 29.5 Å². The average Bonchev–Trinajstić information content (AvgIpc) is 2.44. The lowest BCUT2D eigenvalue weighted by atomic mass is 9.98. The third kappa shape index (κ3) is 3.60. The fourth-order valence-corrected chi connectivity index (χ4v) is 2.62. The van der Waals surface area contributed by atoms with Gasteiger partial charge in [-0.25, -0.2) is 0 Å². The van der Waals surface area contributed by atoms with E-state index in [0.29, 0.717) is 11.4 Å². The van der Waals surface area contributed by atoms with E-state index in [1.165, 1.54) is 0 Å². The van der Waals surface area contributed by atoms with Gasteiger partial charge in [0.2, 0.25) is 0 Å². The van der Waals surface area contributed by atoms with Crippen molar-refractivity contribution in [3.63, 3.8) is 0 Å². The molecule has 0 aliphatic rings. The summed E-state index contributed by atoms with van der Waals surface area (Å²) in [6.07, 6.45) is -0.525. The quantitative estimate of drug-likeness (QED) is 0.904.